The number of ether oxygens (including phenoxy) is 2. The van der Waals surface area contributed by atoms with Gasteiger partial charge in [0.15, 0.2) is 0 Å². The highest BCUT2D eigenvalue weighted by Crippen LogP contribution is 2.09. The third kappa shape index (κ3) is 13.3. The van der Waals surface area contributed by atoms with Gasteiger partial charge in [0.05, 0.1) is 6.10 Å². The van der Waals surface area contributed by atoms with Gasteiger partial charge in [0, 0.05) is 32.9 Å². The van der Waals surface area contributed by atoms with Gasteiger partial charge in [0.1, 0.15) is 0 Å². The van der Waals surface area contributed by atoms with Crippen molar-refractivity contribution >= 4 is 0 Å². The van der Waals surface area contributed by atoms with Gasteiger partial charge in [-0.25, -0.2) is 0 Å². The van der Waals surface area contributed by atoms with Gasteiger partial charge in [-0.3, -0.25) is 0 Å². The third-order valence-corrected chi connectivity index (χ3v) is 3.71. The largest absolute Gasteiger partial charge is 0.381 e. The first-order valence-corrected chi connectivity index (χ1v) is 9.21. The zero-order valence-corrected chi connectivity index (χ0v) is 15.0. The normalized spacial score (nSPS) is 15.4. The molecular weight excluding hydrogens is 262 g/mol. The lowest BCUT2D eigenvalue weighted by Crippen LogP contribution is -2.49. The molecule has 0 aromatic carbocycles. The third-order valence-electron chi connectivity index (χ3n) is 3.71. The van der Waals surface area contributed by atoms with Crippen LogP contribution in [0.3, 0.4) is 0 Å². The average molecular weight is 302 g/mol. The van der Waals surface area contributed by atoms with Crippen LogP contribution in [-0.4, -0.2) is 51.0 Å². The van der Waals surface area contributed by atoms with Crippen LogP contribution >= 0.6 is 0 Å². The molecule has 128 valence electrons. The van der Waals surface area contributed by atoms with Crippen molar-refractivity contribution in [2.24, 2.45) is 0 Å². The predicted octanol–water partition coefficient (Wildman–Crippen LogP) is 4.50. The van der Waals surface area contributed by atoms with Crippen LogP contribution in [-0.2, 0) is 9.47 Å². The summed E-state index contributed by atoms with van der Waals surface area (Å²) in [7, 11) is 2.14. The molecule has 0 aromatic heterocycles. The summed E-state index contributed by atoms with van der Waals surface area (Å²) in [5.74, 6) is 0. The summed E-state index contributed by atoms with van der Waals surface area (Å²) in [6.07, 6.45) is 10.7. The second-order valence-electron chi connectivity index (χ2n) is 5.80. The van der Waals surface area contributed by atoms with E-state index in [4.69, 9.17) is 9.47 Å². The van der Waals surface area contributed by atoms with Crippen LogP contribution in [0, 0.1) is 0 Å². The van der Waals surface area contributed by atoms with Gasteiger partial charge >= 0.3 is 0 Å². The highest BCUT2D eigenvalue weighted by atomic mass is 16.5. The number of unbranched alkanes of at least 4 members (excludes halogenated alkanes) is 6. The van der Waals surface area contributed by atoms with E-state index in [1.807, 2.05) is 13.8 Å². The van der Waals surface area contributed by atoms with E-state index in [-0.39, 0.29) is 0 Å². The first-order valence-electron chi connectivity index (χ1n) is 9.21. The van der Waals surface area contributed by atoms with Crippen molar-refractivity contribution in [1.29, 1.82) is 0 Å². The standard InChI is InChI=1S/C16H33NO2.C2H6/c1-3-4-5-6-8-11-18-12-9-7-10-13-19-16-14-17(2)15-16;1-2/h16H,3-15H2,1-2H3;1-2H3. The van der Waals surface area contributed by atoms with Crippen molar-refractivity contribution in [2.75, 3.05) is 40.0 Å². The lowest BCUT2D eigenvalue weighted by molar-refractivity contribution is -0.0444. The molecule has 3 nitrogen and oxygen atoms in total. The molecule has 0 spiro atoms. The molecule has 21 heavy (non-hydrogen) atoms. The van der Waals surface area contributed by atoms with Crippen LogP contribution in [0.15, 0.2) is 0 Å². The molecule has 1 heterocycles. The zero-order valence-electron chi connectivity index (χ0n) is 15.0. The maximum absolute atomic E-state index is 5.75. The quantitative estimate of drug-likeness (QED) is 0.467. The summed E-state index contributed by atoms with van der Waals surface area (Å²) >= 11 is 0. The fourth-order valence-electron chi connectivity index (χ4n) is 2.39. The smallest absolute Gasteiger partial charge is 0.0828 e. The van der Waals surface area contributed by atoms with E-state index in [1.165, 1.54) is 51.4 Å². The number of nitrogens with zero attached hydrogens (tertiary/aromatic N) is 1. The molecule has 0 aliphatic carbocycles. The van der Waals surface area contributed by atoms with Gasteiger partial charge < -0.3 is 14.4 Å². The molecular formula is C18H39NO2. The van der Waals surface area contributed by atoms with Crippen molar-refractivity contribution in [2.45, 2.75) is 78.2 Å². The van der Waals surface area contributed by atoms with Gasteiger partial charge in [-0.1, -0.05) is 46.5 Å². The first kappa shape index (κ1) is 20.9. The van der Waals surface area contributed by atoms with E-state index in [0.29, 0.717) is 6.10 Å². The van der Waals surface area contributed by atoms with Crippen molar-refractivity contribution < 1.29 is 9.47 Å². The van der Waals surface area contributed by atoms with Gasteiger partial charge in [-0.05, 0) is 32.7 Å². The number of hydrogen-bond acceptors (Lipinski definition) is 3. The van der Waals surface area contributed by atoms with Crippen LogP contribution in [0.25, 0.3) is 0 Å². The van der Waals surface area contributed by atoms with Crippen LogP contribution in [0.1, 0.15) is 72.1 Å². The maximum atomic E-state index is 5.75. The van der Waals surface area contributed by atoms with Gasteiger partial charge in [-0.2, -0.15) is 0 Å². The molecule has 0 aromatic rings. The minimum absolute atomic E-state index is 0.504. The molecule has 1 aliphatic rings. The minimum atomic E-state index is 0.504. The number of likely N-dealkylation sites (tertiary alicyclic amines) is 1. The Morgan fingerprint density at radius 2 is 1.33 bits per heavy atom. The molecule has 3 heteroatoms. The molecule has 1 fully saturated rings. The number of rotatable bonds is 13. The topological polar surface area (TPSA) is 21.7 Å². The van der Waals surface area contributed by atoms with Crippen LogP contribution in [0.2, 0.25) is 0 Å². The Bertz CT molecular complexity index is 194. The lowest BCUT2D eigenvalue weighted by Gasteiger charge is -2.35. The molecule has 1 rings (SSSR count). The molecule has 0 saturated carbocycles. The fraction of sp³-hybridized carbons (Fsp3) is 1.00. The Balaban J connectivity index is 0.00000191. The molecule has 1 aliphatic heterocycles. The molecule has 0 atom stereocenters. The average Bonchev–Trinajstić information content (AvgIpc) is 2.48. The minimum Gasteiger partial charge on any atom is -0.381 e. The van der Waals surface area contributed by atoms with Gasteiger partial charge in [0.2, 0.25) is 0 Å². The Hall–Kier alpha value is -0.120. The van der Waals surface area contributed by atoms with E-state index in [9.17, 15) is 0 Å². The maximum Gasteiger partial charge on any atom is 0.0828 e. The van der Waals surface area contributed by atoms with Gasteiger partial charge in [0.25, 0.3) is 0 Å². The SMILES string of the molecule is CC.CCCCCCCOCCCCCOC1CN(C)C1. The predicted molar refractivity (Wildman–Crippen MR) is 92.0 cm³/mol. The van der Waals surface area contributed by atoms with Crippen molar-refractivity contribution in [3.05, 3.63) is 0 Å². The van der Waals surface area contributed by atoms with Crippen molar-refractivity contribution in [1.82, 2.24) is 4.90 Å². The lowest BCUT2D eigenvalue weighted by atomic mass is 10.2. The van der Waals surface area contributed by atoms with E-state index in [0.717, 1.165) is 32.9 Å². The summed E-state index contributed by atoms with van der Waals surface area (Å²) in [4.78, 5) is 2.29. The Labute approximate surface area is 133 Å². The zero-order chi connectivity index (χ0) is 15.8. The van der Waals surface area contributed by atoms with E-state index in [2.05, 4.69) is 18.9 Å². The highest BCUT2D eigenvalue weighted by Gasteiger charge is 2.22. The molecule has 1 saturated heterocycles. The Morgan fingerprint density at radius 1 is 0.810 bits per heavy atom. The summed E-state index contributed by atoms with van der Waals surface area (Å²) in [6, 6.07) is 0. The molecule has 0 N–H and O–H groups in total. The molecule has 0 amide bonds. The van der Waals surface area contributed by atoms with E-state index in [1.54, 1.807) is 0 Å². The fourth-order valence-corrected chi connectivity index (χ4v) is 2.39. The number of hydrogen-bond donors (Lipinski definition) is 0. The van der Waals surface area contributed by atoms with Crippen LogP contribution < -0.4 is 0 Å². The van der Waals surface area contributed by atoms with E-state index < -0.39 is 0 Å². The highest BCUT2D eigenvalue weighted by molar-refractivity contribution is 4.76. The first-order chi connectivity index (χ1) is 10.3. The Kier molecular flexibility index (Phi) is 16.2. The summed E-state index contributed by atoms with van der Waals surface area (Å²) in [5, 5.41) is 0. The summed E-state index contributed by atoms with van der Waals surface area (Å²) < 4.78 is 11.4. The van der Waals surface area contributed by atoms with Gasteiger partial charge in [-0.15, -0.1) is 0 Å². The van der Waals surface area contributed by atoms with Crippen molar-refractivity contribution in [3.8, 4) is 0 Å². The van der Waals surface area contributed by atoms with Crippen LogP contribution in [0.4, 0.5) is 0 Å². The van der Waals surface area contributed by atoms with Crippen LogP contribution in [0.5, 0.6) is 0 Å². The second-order valence-corrected chi connectivity index (χ2v) is 5.80. The van der Waals surface area contributed by atoms with E-state index >= 15 is 0 Å². The monoisotopic (exact) mass is 301 g/mol. The second kappa shape index (κ2) is 16.3. The molecule has 0 unspecified atom stereocenters. The summed E-state index contributed by atoms with van der Waals surface area (Å²) in [6.45, 7) is 11.3. The Morgan fingerprint density at radius 3 is 1.90 bits per heavy atom. The molecule has 0 bridgehead atoms. The molecule has 0 radical (unpaired) electrons. The summed E-state index contributed by atoms with van der Waals surface area (Å²) in [5.41, 5.74) is 0. The van der Waals surface area contributed by atoms with Crippen molar-refractivity contribution in [3.63, 3.8) is 0 Å². The number of likely N-dealkylation sites (N-methyl/N-ethyl adjacent to an activating group) is 1.